The average molecular weight is 230 g/mol. The van der Waals surface area contributed by atoms with E-state index in [2.05, 4.69) is 15.0 Å². The van der Waals surface area contributed by atoms with E-state index in [-0.39, 0.29) is 11.9 Å². The lowest BCUT2D eigenvalue weighted by atomic mass is 10.2. The monoisotopic (exact) mass is 230 g/mol. The van der Waals surface area contributed by atoms with E-state index in [4.69, 9.17) is 11.5 Å². The van der Waals surface area contributed by atoms with Crippen molar-refractivity contribution in [2.45, 2.75) is 0 Å². The highest BCUT2D eigenvalue weighted by Gasteiger charge is 2.05. The SMILES string of the molecule is CN(C)c1ccc(-c2nc(N)nc(N)n2)cc1. The minimum absolute atomic E-state index is 0.129. The first kappa shape index (κ1) is 11.1. The van der Waals surface area contributed by atoms with Gasteiger partial charge in [-0.2, -0.15) is 15.0 Å². The first-order valence-corrected chi connectivity index (χ1v) is 5.11. The van der Waals surface area contributed by atoms with Crippen LogP contribution >= 0.6 is 0 Å². The molecule has 17 heavy (non-hydrogen) atoms. The van der Waals surface area contributed by atoms with Crippen molar-refractivity contribution in [3.05, 3.63) is 24.3 Å². The highest BCUT2D eigenvalue weighted by Crippen LogP contribution is 2.20. The molecule has 0 unspecified atom stereocenters. The van der Waals surface area contributed by atoms with Gasteiger partial charge in [0, 0.05) is 25.3 Å². The quantitative estimate of drug-likeness (QED) is 0.791. The van der Waals surface area contributed by atoms with Crippen LogP contribution in [-0.2, 0) is 0 Å². The summed E-state index contributed by atoms with van der Waals surface area (Å²) in [6.45, 7) is 0. The topological polar surface area (TPSA) is 94.0 Å². The lowest BCUT2D eigenvalue weighted by Gasteiger charge is -2.12. The zero-order valence-corrected chi connectivity index (χ0v) is 9.75. The van der Waals surface area contributed by atoms with Gasteiger partial charge in [-0.05, 0) is 24.3 Å². The molecule has 0 saturated heterocycles. The molecule has 0 fully saturated rings. The number of nitrogens with zero attached hydrogens (tertiary/aromatic N) is 4. The molecule has 0 saturated carbocycles. The van der Waals surface area contributed by atoms with Crippen molar-refractivity contribution in [1.29, 1.82) is 0 Å². The Labute approximate surface area is 99.3 Å². The van der Waals surface area contributed by atoms with Crippen molar-refractivity contribution in [2.24, 2.45) is 0 Å². The Kier molecular flexibility index (Phi) is 2.78. The number of benzene rings is 1. The van der Waals surface area contributed by atoms with E-state index in [9.17, 15) is 0 Å². The molecule has 6 nitrogen and oxygen atoms in total. The molecule has 0 bridgehead atoms. The van der Waals surface area contributed by atoms with Crippen LogP contribution in [0.5, 0.6) is 0 Å². The number of nitrogen functional groups attached to an aromatic ring is 2. The van der Waals surface area contributed by atoms with Crippen LogP contribution in [0.15, 0.2) is 24.3 Å². The summed E-state index contributed by atoms with van der Waals surface area (Å²) in [6, 6.07) is 7.80. The first-order chi connectivity index (χ1) is 8.06. The standard InChI is InChI=1S/C11H14N6/c1-17(2)8-5-3-7(4-6-8)9-14-10(12)16-11(13)15-9/h3-6H,1-2H3,(H4,12,13,14,15,16). The summed E-state index contributed by atoms with van der Waals surface area (Å²) in [5, 5.41) is 0. The molecular formula is C11H14N6. The summed E-state index contributed by atoms with van der Waals surface area (Å²) < 4.78 is 0. The van der Waals surface area contributed by atoms with Gasteiger partial charge in [0.25, 0.3) is 0 Å². The fourth-order valence-electron chi connectivity index (χ4n) is 1.45. The maximum absolute atomic E-state index is 5.52. The van der Waals surface area contributed by atoms with Crippen LogP contribution < -0.4 is 16.4 Å². The number of hydrogen-bond acceptors (Lipinski definition) is 6. The normalized spacial score (nSPS) is 10.2. The molecule has 1 aromatic carbocycles. The van der Waals surface area contributed by atoms with Gasteiger partial charge in [-0.1, -0.05) is 0 Å². The number of nitrogens with two attached hydrogens (primary N) is 2. The Balaban J connectivity index is 2.39. The Morgan fingerprint density at radius 2 is 1.41 bits per heavy atom. The number of aromatic nitrogens is 3. The van der Waals surface area contributed by atoms with Gasteiger partial charge < -0.3 is 16.4 Å². The van der Waals surface area contributed by atoms with Crippen molar-refractivity contribution in [3.63, 3.8) is 0 Å². The molecule has 1 heterocycles. The molecule has 0 amide bonds. The van der Waals surface area contributed by atoms with Crippen molar-refractivity contribution < 1.29 is 0 Å². The lowest BCUT2D eigenvalue weighted by molar-refractivity contribution is 1.08. The van der Waals surface area contributed by atoms with Crippen molar-refractivity contribution in [3.8, 4) is 11.4 Å². The summed E-state index contributed by atoms with van der Waals surface area (Å²) in [7, 11) is 3.96. The smallest absolute Gasteiger partial charge is 0.225 e. The molecule has 0 aliphatic carbocycles. The minimum atomic E-state index is 0.129. The predicted molar refractivity (Wildman–Crippen MR) is 68.4 cm³/mol. The molecule has 6 heteroatoms. The summed E-state index contributed by atoms with van der Waals surface area (Å²) in [5.74, 6) is 0.744. The average Bonchev–Trinajstić information content (AvgIpc) is 2.28. The fourth-order valence-corrected chi connectivity index (χ4v) is 1.45. The molecule has 1 aromatic heterocycles. The summed E-state index contributed by atoms with van der Waals surface area (Å²) in [4.78, 5) is 13.8. The second-order valence-corrected chi connectivity index (χ2v) is 3.82. The van der Waals surface area contributed by atoms with E-state index in [0.29, 0.717) is 5.82 Å². The van der Waals surface area contributed by atoms with Crippen LogP contribution in [0.4, 0.5) is 17.6 Å². The largest absolute Gasteiger partial charge is 0.378 e. The van der Waals surface area contributed by atoms with Gasteiger partial charge in [0.2, 0.25) is 11.9 Å². The molecule has 2 rings (SSSR count). The molecule has 2 aromatic rings. The Morgan fingerprint density at radius 1 is 0.882 bits per heavy atom. The molecule has 0 aliphatic rings. The summed E-state index contributed by atoms with van der Waals surface area (Å²) >= 11 is 0. The second kappa shape index (κ2) is 4.25. The zero-order chi connectivity index (χ0) is 12.4. The zero-order valence-electron chi connectivity index (χ0n) is 9.75. The van der Waals surface area contributed by atoms with Gasteiger partial charge in [0.15, 0.2) is 5.82 Å². The first-order valence-electron chi connectivity index (χ1n) is 5.11. The van der Waals surface area contributed by atoms with E-state index in [1.807, 2.05) is 43.3 Å². The Bertz CT molecular complexity index is 500. The molecule has 4 N–H and O–H groups in total. The highest BCUT2D eigenvalue weighted by atomic mass is 15.1. The number of anilines is 3. The predicted octanol–water partition coefficient (Wildman–Crippen LogP) is 0.769. The number of hydrogen-bond donors (Lipinski definition) is 2. The molecule has 88 valence electrons. The summed E-state index contributed by atoms with van der Waals surface area (Å²) in [6.07, 6.45) is 0. The van der Waals surface area contributed by atoms with Crippen LogP contribution in [0.3, 0.4) is 0 Å². The van der Waals surface area contributed by atoms with E-state index in [0.717, 1.165) is 11.3 Å². The highest BCUT2D eigenvalue weighted by molar-refractivity contribution is 5.61. The maximum Gasteiger partial charge on any atom is 0.225 e. The van der Waals surface area contributed by atoms with Crippen LogP contribution in [0.2, 0.25) is 0 Å². The van der Waals surface area contributed by atoms with E-state index in [1.54, 1.807) is 0 Å². The summed E-state index contributed by atoms with van der Waals surface area (Å²) in [5.41, 5.74) is 13.0. The maximum atomic E-state index is 5.52. The molecule has 0 atom stereocenters. The van der Waals surface area contributed by atoms with Gasteiger partial charge in [-0.15, -0.1) is 0 Å². The third-order valence-electron chi connectivity index (χ3n) is 2.31. The van der Waals surface area contributed by atoms with E-state index < -0.39 is 0 Å². The van der Waals surface area contributed by atoms with Crippen molar-refractivity contribution in [2.75, 3.05) is 30.5 Å². The van der Waals surface area contributed by atoms with Crippen LogP contribution in [0, 0.1) is 0 Å². The van der Waals surface area contributed by atoms with E-state index >= 15 is 0 Å². The van der Waals surface area contributed by atoms with E-state index in [1.165, 1.54) is 0 Å². The van der Waals surface area contributed by atoms with Crippen LogP contribution in [0.25, 0.3) is 11.4 Å². The number of rotatable bonds is 2. The third kappa shape index (κ3) is 2.41. The molecule has 0 radical (unpaired) electrons. The van der Waals surface area contributed by atoms with Gasteiger partial charge in [-0.3, -0.25) is 0 Å². The van der Waals surface area contributed by atoms with Crippen molar-refractivity contribution >= 4 is 17.6 Å². The van der Waals surface area contributed by atoms with Gasteiger partial charge in [0.05, 0.1) is 0 Å². The molecule has 0 aliphatic heterocycles. The van der Waals surface area contributed by atoms with Gasteiger partial charge in [0.1, 0.15) is 0 Å². The lowest BCUT2D eigenvalue weighted by Crippen LogP contribution is -2.08. The third-order valence-corrected chi connectivity index (χ3v) is 2.31. The molecule has 0 spiro atoms. The van der Waals surface area contributed by atoms with Gasteiger partial charge >= 0.3 is 0 Å². The van der Waals surface area contributed by atoms with Crippen molar-refractivity contribution in [1.82, 2.24) is 15.0 Å². The van der Waals surface area contributed by atoms with Crippen LogP contribution in [-0.4, -0.2) is 29.0 Å². The van der Waals surface area contributed by atoms with Gasteiger partial charge in [-0.25, -0.2) is 0 Å². The van der Waals surface area contributed by atoms with Crippen LogP contribution in [0.1, 0.15) is 0 Å². The molecular weight excluding hydrogens is 216 g/mol. The Hall–Kier alpha value is -2.37. The Morgan fingerprint density at radius 3 is 1.88 bits per heavy atom. The minimum Gasteiger partial charge on any atom is -0.378 e. The second-order valence-electron chi connectivity index (χ2n) is 3.82. The fraction of sp³-hybridized carbons (Fsp3) is 0.182.